The van der Waals surface area contributed by atoms with E-state index in [-0.39, 0.29) is 6.04 Å². The van der Waals surface area contributed by atoms with Gasteiger partial charge in [0.05, 0.1) is 5.69 Å². The minimum atomic E-state index is -0.191. The Morgan fingerprint density at radius 3 is 1.49 bits per heavy atom. The van der Waals surface area contributed by atoms with Crippen molar-refractivity contribution in [2.24, 2.45) is 4.99 Å². The second-order valence-corrected chi connectivity index (χ2v) is 8.74. The topological polar surface area (TPSA) is 25.2 Å². The van der Waals surface area contributed by atoms with Crippen LogP contribution >= 0.6 is 0 Å². The molecule has 5 rings (SSSR count). The first-order chi connectivity index (χ1) is 17.2. The first-order valence-electron chi connectivity index (χ1n) is 12.0. The number of aromatic nitrogens is 1. The van der Waals surface area contributed by atoms with Crippen molar-refractivity contribution in [2.45, 2.75) is 19.9 Å². The highest BCUT2D eigenvalue weighted by atomic mass is 14.8. The molecule has 2 nitrogen and oxygen atoms in total. The van der Waals surface area contributed by atoms with E-state index in [1.807, 2.05) is 24.4 Å². The van der Waals surface area contributed by atoms with Crippen LogP contribution in [-0.2, 0) is 0 Å². The van der Waals surface area contributed by atoms with Crippen LogP contribution in [0.25, 0.3) is 22.3 Å². The molecule has 0 aliphatic rings. The lowest BCUT2D eigenvalue weighted by Crippen LogP contribution is -2.05. The van der Waals surface area contributed by atoms with E-state index in [2.05, 4.69) is 116 Å². The molecular weight excluding hydrogens is 424 g/mol. The molecule has 0 spiro atoms. The SMILES string of the molecule is Cc1ccccc1-c1ccccc1C(/N=C/c1ccccn1)c1ccccc1-c1ccccc1C. The molecule has 35 heavy (non-hydrogen) atoms. The lowest BCUT2D eigenvalue weighted by molar-refractivity contribution is 0.881. The molecule has 170 valence electrons. The van der Waals surface area contributed by atoms with Crippen LogP contribution in [0.15, 0.2) is 126 Å². The normalized spacial score (nSPS) is 11.3. The molecule has 1 aromatic heterocycles. The Morgan fingerprint density at radius 2 is 1.00 bits per heavy atom. The van der Waals surface area contributed by atoms with Gasteiger partial charge in [0.2, 0.25) is 0 Å². The number of aryl methyl sites for hydroxylation is 2. The number of nitrogens with zero attached hydrogens (tertiary/aromatic N) is 2. The third-order valence-corrected chi connectivity index (χ3v) is 6.42. The Labute approximate surface area is 207 Å². The summed E-state index contributed by atoms with van der Waals surface area (Å²) in [6, 6.07) is 40.1. The zero-order valence-corrected chi connectivity index (χ0v) is 20.1. The Kier molecular flexibility index (Phi) is 6.63. The Bertz CT molecular complexity index is 1380. The molecule has 0 atom stereocenters. The largest absolute Gasteiger partial charge is 0.278 e. The van der Waals surface area contributed by atoms with Gasteiger partial charge in [0.1, 0.15) is 6.04 Å². The maximum Gasteiger partial charge on any atom is 0.101 e. The van der Waals surface area contributed by atoms with Crippen LogP contribution in [0.4, 0.5) is 0 Å². The summed E-state index contributed by atoms with van der Waals surface area (Å²) in [6.07, 6.45) is 3.70. The molecule has 0 fully saturated rings. The van der Waals surface area contributed by atoms with Crippen LogP contribution in [-0.4, -0.2) is 11.2 Å². The van der Waals surface area contributed by atoms with Crippen LogP contribution in [0.1, 0.15) is 34.0 Å². The fraction of sp³-hybridized carbons (Fsp3) is 0.0909. The van der Waals surface area contributed by atoms with E-state index in [1.54, 1.807) is 6.20 Å². The van der Waals surface area contributed by atoms with E-state index in [1.165, 1.54) is 44.5 Å². The van der Waals surface area contributed by atoms with Crippen molar-refractivity contribution in [1.82, 2.24) is 4.98 Å². The van der Waals surface area contributed by atoms with E-state index < -0.39 is 0 Å². The molecule has 5 aromatic rings. The van der Waals surface area contributed by atoms with Crippen molar-refractivity contribution >= 4 is 6.21 Å². The van der Waals surface area contributed by atoms with Crippen molar-refractivity contribution in [3.05, 3.63) is 149 Å². The van der Waals surface area contributed by atoms with E-state index >= 15 is 0 Å². The van der Waals surface area contributed by atoms with Gasteiger partial charge >= 0.3 is 0 Å². The number of hydrogen-bond acceptors (Lipinski definition) is 2. The summed E-state index contributed by atoms with van der Waals surface area (Å²) < 4.78 is 0. The van der Waals surface area contributed by atoms with Gasteiger partial charge in [0.15, 0.2) is 0 Å². The molecule has 0 saturated carbocycles. The van der Waals surface area contributed by atoms with Gasteiger partial charge in [-0.1, -0.05) is 103 Å². The minimum Gasteiger partial charge on any atom is -0.278 e. The Morgan fingerprint density at radius 1 is 0.543 bits per heavy atom. The molecule has 0 N–H and O–H groups in total. The number of hydrogen-bond donors (Lipinski definition) is 0. The monoisotopic (exact) mass is 452 g/mol. The summed E-state index contributed by atoms with van der Waals surface area (Å²) in [7, 11) is 0. The van der Waals surface area contributed by atoms with Crippen LogP contribution < -0.4 is 0 Å². The lowest BCUT2D eigenvalue weighted by atomic mass is 9.86. The van der Waals surface area contributed by atoms with Crippen molar-refractivity contribution in [1.29, 1.82) is 0 Å². The van der Waals surface area contributed by atoms with E-state index in [9.17, 15) is 0 Å². The maximum absolute atomic E-state index is 5.18. The number of aliphatic imine (C=N–C) groups is 1. The molecule has 0 saturated heterocycles. The van der Waals surface area contributed by atoms with Gasteiger partial charge in [-0.2, -0.15) is 0 Å². The van der Waals surface area contributed by atoms with E-state index in [4.69, 9.17) is 4.99 Å². The first kappa shape index (κ1) is 22.5. The fourth-order valence-corrected chi connectivity index (χ4v) is 4.64. The first-order valence-corrected chi connectivity index (χ1v) is 12.0. The van der Waals surface area contributed by atoms with Gasteiger partial charge in [-0.25, -0.2) is 0 Å². The zero-order valence-electron chi connectivity index (χ0n) is 20.1. The average Bonchev–Trinajstić information content (AvgIpc) is 2.91. The molecule has 2 heteroatoms. The van der Waals surface area contributed by atoms with Crippen molar-refractivity contribution < 1.29 is 0 Å². The highest BCUT2D eigenvalue weighted by molar-refractivity contribution is 5.80. The zero-order chi connectivity index (χ0) is 24.0. The van der Waals surface area contributed by atoms with E-state index in [0.29, 0.717) is 0 Å². The summed E-state index contributed by atoms with van der Waals surface area (Å²) in [5, 5.41) is 0. The predicted octanol–water partition coefficient (Wildman–Crippen LogP) is 8.24. The van der Waals surface area contributed by atoms with Crippen molar-refractivity contribution in [3.63, 3.8) is 0 Å². The van der Waals surface area contributed by atoms with Gasteiger partial charge in [-0.15, -0.1) is 0 Å². The highest BCUT2D eigenvalue weighted by Crippen LogP contribution is 2.40. The third-order valence-electron chi connectivity index (χ3n) is 6.42. The Hall–Kier alpha value is -4.30. The number of benzene rings is 4. The summed E-state index contributed by atoms with van der Waals surface area (Å²) >= 11 is 0. The van der Waals surface area contributed by atoms with E-state index in [0.717, 1.165) is 5.69 Å². The average molecular weight is 453 g/mol. The molecule has 0 radical (unpaired) electrons. The number of pyridine rings is 1. The van der Waals surface area contributed by atoms with Gasteiger partial charge in [0.25, 0.3) is 0 Å². The van der Waals surface area contributed by atoms with Crippen LogP contribution in [0, 0.1) is 13.8 Å². The molecule has 1 heterocycles. The maximum atomic E-state index is 5.18. The molecule has 0 aliphatic carbocycles. The molecule has 4 aromatic carbocycles. The van der Waals surface area contributed by atoms with Crippen LogP contribution in [0.3, 0.4) is 0 Å². The molecule has 0 bridgehead atoms. The fourth-order valence-electron chi connectivity index (χ4n) is 4.64. The Balaban J connectivity index is 1.73. The summed E-state index contributed by atoms with van der Waals surface area (Å²) in [4.78, 5) is 9.66. The van der Waals surface area contributed by atoms with Gasteiger partial charge in [-0.3, -0.25) is 9.98 Å². The molecular formula is C33H28N2. The van der Waals surface area contributed by atoms with Crippen molar-refractivity contribution in [2.75, 3.05) is 0 Å². The van der Waals surface area contributed by atoms with Crippen molar-refractivity contribution in [3.8, 4) is 22.3 Å². The van der Waals surface area contributed by atoms with Gasteiger partial charge in [-0.05, 0) is 70.5 Å². The molecule has 0 amide bonds. The smallest absolute Gasteiger partial charge is 0.101 e. The predicted molar refractivity (Wildman–Crippen MR) is 147 cm³/mol. The number of rotatable bonds is 6. The summed E-state index contributed by atoms with van der Waals surface area (Å²) in [6.45, 7) is 4.33. The van der Waals surface area contributed by atoms with Gasteiger partial charge < -0.3 is 0 Å². The standard InChI is InChI=1S/C33H28N2/c1-24-13-3-5-16-27(24)29-18-7-9-20-31(29)33(35-23-26-15-11-12-22-34-26)32-21-10-8-19-30(32)28-17-6-4-14-25(28)2/h3-23,33H,1-2H3/b35-23+. The van der Waals surface area contributed by atoms with Crippen LogP contribution in [0.2, 0.25) is 0 Å². The second kappa shape index (κ2) is 10.3. The molecule has 0 aliphatic heterocycles. The molecule has 0 unspecified atom stereocenters. The summed E-state index contributed by atoms with van der Waals surface area (Å²) in [5.74, 6) is 0. The third kappa shape index (κ3) is 4.83. The summed E-state index contributed by atoms with van der Waals surface area (Å²) in [5.41, 5.74) is 10.6. The van der Waals surface area contributed by atoms with Gasteiger partial charge in [0, 0.05) is 12.4 Å². The van der Waals surface area contributed by atoms with Crippen LogP contribution in [0.5, 0.6) is 0 Å². The highest BCUT2D eigenvalue weighted by Gasteiger charge is 2.21. The second-order valence-electron chi connectivity index (χ2n) is 8.74. The quantitative estimate of drug-likeness (QED) is 0.238. The lowest BCUT2D eigenvalue weighted by Gasteiger charge is -2.22. The minimum absolute atomic E-state index is 0.191.